The second-order valence-electron chi connectivity index (χ2n) is 6.22. The molecule has 0 radical (unpaired) electrons. The molecule has 1 aliphatic heterocycles. The van der Waals surface area contributed by atoms with Crippen molar-refractivity contribution in [3.8, 4) is 0 Å². The van der Waals surface area contributed by atoms with Crippen LogP contribution >= 0.6 is 0 Å². The predicted molar refractivity (Wildman–Crippen MR) is 77.1 cm³/mol. The highest BCUT2D eigenvalue weighted by atomic mass is 32.2. The van der Waals surface area contributed by atoms with Gasteiger partial charge in [0.25, 0.3) is 0 Å². The predicted octanol–water partition coefficient (Wildman–Crippen LogP) is 1.71. The van der Waals surface area contributed by atoms with Gasteiger partial charge in [0.05, 0.1) is 10.5 Å². The van der Waals surface area contributed by atoms with E-state index in [-0.39, 0.29) is 6.54 Å². The molecular formula is C15H21NO3S. The molecule has 0 bridgehead atoms. The Morgan fingerprint density at radius 1 is 1.20 bits per heavy atom. The van der Waals surface area contributed by atoms with Crippen molar-refractivity contribution in [1.82, 2.24) is 4.31 Å². The number of aryl methyl sites for hydroxylation is 2. The monoisotopic (exact) mass is 295 g/mol. The van der Waals surface area contributed by atoms with Gasteiger partial charge in [0.2, 0.25) is 10.0 Å². The maximum atomic E-state index is 12.6. The van der Waals surface area contributed by atoms with Crippen LogP contribution in [0.5, 0.6) is 0 Å². The molecule has 1 N–H and O–H groups in total. The normalized spacial score (nSPS) is 27.5. The molecule has 0 spiro atoms. The molecular weight excluding hydrogens is 274 g/mol. The van der Waals surface area contributed by atoms with E-state index in [4.69, 9.17) is 0 Å². The highest BCUT2D eigenvalue weighted by Gasteiger charge is 2.38. The van der Waals surface area contributed by atoms with Crippen molar-refractivity contribution < 1.29 is 13.5 Å². The lowest BCUT2D eigenvalue weighted by Gasteiger charge is -2.21. The Morgan fingerprint density at radius 3 is 2.55 bits per heavy atom. The van der Waals surface area contributed by atoms with Crippen molar-refractivity contribution in [3.63, 3.8) is 0 Å². The van der Waals surface area contributed by atoms with Crippen LogP contribution in [0.25, 0.3) is 0 Å². The van der Waals surface area contributed by atoms with Crippen LogP contribution in [0.2, 0.25) is 0 Å². The number of hydrogen-bond donors (Lipinski definition) is 1. The number of aliphatic hydroxyl groups is 1. The Morgan fingerprint density at radius 2 is 1.90 bits per heavy atom. The number of sulfonamides is 1. The fraction of sp³-hybridized carbons (Fsp3) is 0.600. The average molecular weight is 295 g/mol. The molecule has 1 saturated heterocycles. The van der Waals surface area contributed by atoms with Gasteiger partial charge in [-0.3, -0.25) is 0 Å². The van der Waals surface area contributed by atoms with Gasteiger partial charge in [0.1, 0.15) is 0 Å². The highest BCUT2D eigenvalue weighted by Crippen LogP contribution is 2.29. The van der Waals surface area contributed by atoms with Crippen LogP contribution in [-0.2, 0) is 22.9 Å². The smallest absolute Gasteiger partial charge is 0.243 e. The molecule has 1 aromatic rings. The quantitative estimate of drug-likeness (QED) is 0.903. The first-order valence-electron chi connectivity index (χ1n) is 7.23. The molecule has 1 atom stereocenters. The van der Waals surface area contributed by atoms with Gasteiger partial charge in [-0.25, -0.2) is 8.42 Å². The van der Waals surface area contributed by atoms with Crippen molar-refractivity contribution in [3.05, 3.63) is 29.3 Å². The van der Waals surface area contributed by atoms with Gasteiger partial charge < -0.3 is 5.11 Å². The standard InChI is InChI=1S/C15H21NO3S/c1-15(17)8-9-16(11-15)20(18,19)14-7-6-12-4-2-3-5-13(12)10-14/h6-7,10,17H,2-5,8-9,11H2,1H3. The number of nitrogens with zero attached hydrogens (tertiary/aromatic N) is 1. The average Bonchev–Trinajstić information content (AvgIpc) is 2.79. The van der Waals surface area contributed by atoms with Gasteiger partial charge in [-0.1, -0.05) is 6.07 Å². The molecule has 110 valence electrons. The minimum absolute atomic E-state index is 0.187. The summed E-state index contributed by atoms with van der Waals surface area (Å²) in [6.45, 7) is 2.27. The van der Waals surface area contributed by atoms with Gasteiger partial charge in [-0.2, -0.15) is 4.31 Å². The topological polar surface area (TPSA) is 57.6 Å². The van der Waals surface area contributed by atoms with Crippen LogP contribution in [0.1, 0.15) is 37.3 Å². The lowest BCUT2D eigenvalue weighted by atomic mass is 9.92. The van der Waals surface area contributed by atoms with Crippen LogP contribution < -0.4 is 0 Å². The highest BCUT2D eigenvalue weighted by molar-refractivity contribution is 7.89. The Hall–Kier alpha value is -0.910. The van der Waals surface area contributed by atoms with E-state index >= 15 is 0 Å². The molecule has 2 aliphatic rings. The lowest BCUT2D eigenvalue weighted by Crippen LogP contribution is -2.34. The summed E-state index contributed by atoms with van der Waals surface area (Å²) in [5.41, 5.74) is 1.55. The largest absolute Gasteiger partial charge is 0.389 e. The van der Waals surface area contributed by atoms with E-state index < -0.39 is 15.6 Å². The van der Waals surface area contributed by atoms with E-state index in [0.717, 1.165) is 19.3 Å². The van der Waals surface area contributed by atoms with Gasteiger partial charge >= 0.3 is 0 Å². The minimum atomic E-state index is -3.47. The first kappa shape index (κ1) is 14.0. The minimum Gasteiger partial charge on any atom is -0.389 e. The maximum Gasteiger partial charge on any atom is 0.243 e. The second-order valence-corrected chi connectivity index (χ2v) is 8.16. The molecule has 1 aromatic carbocycles. The molecule has 4 nitrogen and oxygen atoms in total. The summed E-state index contributed by atoms with van der Waals surface area (Å²) in [5, 5.41) is 9.96. The van der Waals surface area contributed by atoms with Crippen LogP contribution in [0.15, 0.2) is 23.1 Å². The molecule has 0 aromatic heterocycles. The molecule has 1 unspecified atom stereocenters. The molecule has 0 amide bonds. The van der Waals surface area contributed by atoms with Crippen molar-refractivity contribution in [1.29, 1.82) is 0 Å². The SMILES string of the molecule is CC1(O)CCN(S(=O)(=O)c2ccc3c(c2)CCCC3)C1. The third-order valence-corrected chi connectivity index (χ3v) is 6.22. The second kappa shape index (κ2) is 4.83. The summed E-state index contributed by atoms with van der Waals surface area (Å²) >= 11 is 0. The van der Waals surface area contributed by atoms with E-state index in [1.54, 1.807) is 13.0 Å². The summed E-state index contributed by atoms with van der Waals surface area (Å²) in [6.07, 6.45) is 4.84. The van der Waals surface area contributed by atoms with Crippen molar-refractivity contribution in [2.24, 2.45) is 0 Å². The van der Waals surface area contributed by atoms with Crippen LogP contribution in [0.4, 0.5) is 0 Å². The molecule has 5 heteroatoms. The van der Waals surface area contributed by atoms with E-state index in [9.17, 15) is 13.5 Å². The Kier molecular flexibility index (Phi) is 3.39. The van der Waals surface area contributed by atoms with Gasteiger partial charge in [-0.05, 0) is 62.3 Å². The van der Waals surface area contributed by atoms with Crippen molar-refractivity contribution in [2.75, 3.05) is 13.1 Å². The van der Waals surface area contributed by atoms with Crippen LogP contribution in [0, 0.1) is 0 Å². The molecule has 1 fully saturated rings. The summed E-state index contributed by atoms with van der Waals surface area (Å²) in [5.74, 6) is 0. The number of fused-ring (bicyclic) bond motifs is 1. The van der Waals surface area contributed by atoms with Gasteiger partial charge in [0, 0.05) is 13.1 Å². The summed E-state index contributed by atoms with van der Waals surface area (Å²) in [7, 11) is -3.47. The van der Waals surface area contributed by atoms with Gasteiger partial charge in [0.15, 0.2) is 0 Å². The first-order valence-corrected chi connectivity index (χ1v) is 8.67. The van der Waals surface area contributed by atoms with E-state index in [1.165, 1.54) is 21.9 Å². The zero-order chi connectivity index (χ0) is 14.4. The maximum absolute atomic E-state index is 12.6. The summed E-state index contributed by atoms with van der Waals surface area (Å²) in [6, 6.07) is 5.50. The Labute approximate surface area is 120 Å². The number of benzene rings is 1. The zero-order valence-corrected chi connectivity index (χ0v) is 12.6. The molecule has 1 heterocycles. The third kappa shape index (κ3) is 2.50. The summed E-state index contributed by atoms with van der Waals surface area (Å²) in [4.78, 5) is 0.371. The number of hydrogen-bond acceptors (Lipinski definition) is 3. The van der Waals surface area contributed by atoms with Crippen LogP contribution in [0.3, 0.4) is 0 Å². The number of β-amino-alcohol motifs (C(OH)–C–C–N with tert-alkyl or cyclic N) is 1. The first-order chi connectivity index (χ1) is 9.38. The fourth-order valence-corrected chi connectivity index (χ4v) is 4.74. The van der Waals surface area contributed by atoms with Gasteiger partial charge in [-0.15, -0.1) is 0 Å². The Balaban J connectivity index is 1.92. The fourth-order valence-electron chi connectivity index (χ4n) is 3.13. The Bertz CT molecular complexity index is 622. The van der Waals surface area contributed by atoms with E-state index in [2.05, 4.69) is 0 Å². The molecule has 0 saturated carbocycles. The molecule has 3 rings (SSSR count). The lowest BCUT2D eigenvalue weighted by molar-refractivity contribution is 0.0762. The molecule has 20 heavy (non-hydrogen) atoms. The van der Waals surface area contributed by atoms with Crippen molar-refractivity contribution in [2.45, 2.75) is 49.5 Å². The zero-order valence-electron chi connectivity index (χ0n) is 11.8. The summed E-state index contributed by atoms with van der Waals surface area (Å²) < 4.78 is 26.6. The molecule has 1 aliphatic carbocycles. The van der Waals surface area contributed by atoms with Crippen LogP contribution in [-0.4, -0.2) is 36.5 Å². The van der Waals surface area contributed by atoms with E-state index in [1.807, 2.05) is 12.1 Å². The van der Waals surface area contributed by atoms with E-state index in [0.29, 0.717) is 17.9 Å². The third-order valence-electron chi connectivity index (χ3n) is 4.37. The number of rotatable bonds is 2. The van der Waals surface area contributed by atoms with Crippen molar-refractivity contribution >= 4 is 10.0 Å².